The lowest BCUT2D eigenvalue weighted by Crippen LogP contribution is -2.26. The standard InChI is InChI=1S/C14H21F2NO/c1-2-6-13(12-7-4-3-5-8-12)17-9-10-18-11-14(15)16/h3-5,7-8,13-14,17H,2,6,9-11H2,1H3. The van der Waals surface area contributed by atoms with Gasteiger partial charge in [0.15, 0.2) is 0 Å². The third-order valence-electron chi connectivity index (χ3n) is 2.66. The van der Waals surface area contributed by atoms with Crippen LogP contribution in [0.5, 0.6) is 0 Å². The van der Waals surface area contributed by atoms with Crippen molar-refractivity contribution in [3.05, 3.63) is 35.9 Å². The van der Waals surface area contributed by atoms with Crippen LogP contribution >= 0.6 is 0 Å². The first-order valence-corrected chi connectivity index (χ1v) is 6.38. The molecule has 1 aromatic rings. The van der Waals surface area contributed by atoms with Gasteiger partial charge in [0.25, 0.3) is 6.43 Å². The van der Waals surface area contributed by atoms with Gasteiger partial charge in [-0.1, -0.05) is 43.7 Å². The highest BCUT2D eigenvalue weighted by atomic mass is 19.3. The summed E-state index contributed by atoms with van der Waals surface area (Å²) in [5.41, 5.74) is 1.23. The third kappa shape index (κ3) is 6.07. The van der Waals surface area contributed by atoms with Crippen LogP contribution in [0.2, 0.25) is 0 Å². The fourth-order valence-electron chi connectivity index (χ4n) is 1.84. The summed E-state index contributed by atoms with van der Waals surface area (Å²) in [7, 11) is 0. The maximum Gasteiger partial charge on any atom is 0.261 e. The topological polar surface area (TPSA) is 21.3 Å². The van der Waals surface area contributed by atoms with E-state index in [4.69, 9.17) is 4.74 Å². The molecule has 1 rings (SSSR count). The Balaban J connectivity index is 2.31. The van der Waals surface area contributed by atoms with E-state index < -0.39 is 13.0 Å². The summed E-state index contributed by atoms with van der Waals surface area (Å²) >= 11 is 0. The average molecular weight is 257 g/mol. The summed E-state index contributed by atoms with van der Waals surface area (Å²) in [5, 5.41) is 3.34. The number of hydrogen-bond donors (Lipinski definition) is 1. The first kappa shape index (κ1) is 15.1. The molecule has 102 valence electrons. The Morgan fingerprint density at radius 2 is 1.94 bits per heavy atom. The maximum absolute atomic E-state index is 11.9. The van der Waals surface area contributed by atoms with E-state index in [1.165, 1.54) is 5.56 Å². The van der Waals surface area contributed by atoms with E-state index in [1.807, 2.05) is 18.2 Å². The van der Waals surface area contributed by atoms with Gasteiger partial charge in [-0.2, -0.15) is 0 Å². The van der Waals surface area contributed by atoms with Gasteiger partial charge in [0, 0.05) is 12.6 Å². The van der Waals surface area contributed by atoms with E-state index in [-0.39, 0.29) is 6.04 Å². The highest BCUT2D eigenvalue weighted by molar-refractivity contribution is 5.18. The molecule has 0 radical (unpaired) electrons. The first-order valence-electron chi connectivity index (χ1n) is 6.38. The fraction of sp³-hybridized carbons (Fsp3) is 0.571. The molecule has 1 unspecified atom stereocenters. The van der Waals surface area contributed by atoms with Gasteiger partial charge in [0.1, 0.15) is 6.61 Å². The van der Waals surface area contributed by atoms with E-state index in [0.29, 0.717) is 13.2 Å². The monoisotopic (exact) mass is 257 g/mol. The highest BCUT2D eigenvalue weighted by Crippen LogP contribution is 2.17. The van der Waals surface area contributed by atoms with Crippen LogP contribution in [0.3, 0.4) is 0 Å². The quantitative estimate of drug-likeness (QED) is 0.685. The molecule has 1 aromatic carbocycles. The van der Waals surface area contributed by atoms with Gasteiger partial charge in [-0.15, -0.1) is 0 Å². The molecule has 0 saturated heterocycles. The van der Waals surface area contributed by atoms with E-state index in [2.05, 4.69) is 24.4 Å². The Morgan fingerprint density at radius 1 is 1.22 bits per heavy atom. The van der Waals surface area contributed by atoms with Crippen LogP contribution < -0.4 is 5.32 Å². The molecule has 0 aliphatic rings. The summed E-state index contributed by atoms with van der Waals surface area (Å²) in [5.74, 6) is 0. The maximum atomic E-state index is 11.9. The van der Waals surface area contributed by atoms with Crippen molar-refractivity contribution in [3.63, 3.8) is 0 Å². The Bertz CT molecular complexity index is 306. The highest BCUT2D eigenvalue weighted by Gasteiger charge is 2.09. The van der Waals surface area contributed by atoms with Crippen molar-refractivity contribution >= 4 is 0 Å². The lowest BCUT2D eigenvalue weighted by Gasteiger charge is -2.18. The third-order valence-corrected chi connectivity index (χ3v) is 2.66. The van der Waals surface area contributed by atoms with Gasteiger partial charge >= 0.3 is 0 Å². The smallest absolute Gasteiger partial charge is 0.261 e. The van der Waals surface area contributed by atoms with Crippen LogP contribution in [-0.2, 0) is 4.74 Å². The minimum atomic E-state index is -2.38. The van der Waals surface area contributed by atoms with E-state index in [9.17, 15) is 8.78 Å². The van der Waals surface area contributed by atoms with Gasteiger partial charge < -0.3 is 10.1 Å². The van der Waals surface area contributed by atoms with Crippen LogP contribution in [0.15, 0.2) is 30.3 Å². The SMILES string of the molecule is CCCC(NCCOCC(F)F)c1ccccc1. The molecule has 0 aromatic heterocycles. The summed E-state index contributed by atoms with van der Waals surface area (Å²) in [4.78, 5) is 0. The lowest BCUT2D eigenvalue weighted by atomic mass is 10.0. The van der Waals surface area contributed by atoms with Crippen LogP contribution in [0.25, 0.3) is 0 Å². The molecular formula is C14H21F2NO. The zero-order valence-corrected chi connectivity index (χ0v) is 10.7. The largest absolute Gasteiger partial charge is 0.374 e. The van der Waals surface area contributed by atoms with Crippen LogP contribution in [0.1, 0.15) is 31.4 Å². The molecule has 1 N–H and O–H groups in total. The molecule has 1 atom stereocenters. The van der Waals surface area contributed by atoms with Crippen molar-refractivity contribution in [1.29, 1.82) is 0 Å². The molecule has 0 spiro atoms. The van der Waals surface area contributed by atoms with Gasteiger partial charge in [-0.25, -0.2) is 8.78 Å². The molecule has 0 bridgehead atoms. The van der Waals surface area contributed by atoms with Gasteiger partial charge in [0.05, 0.1) is 6.61 Å². The van der Waals surface area contributed by atoms with Gasteiger partial charge in [-0.3, -0.25) is 0 Å². The predicted molar refractivity (Wildman–Crippen MR) is 68.9 cm³/mol. The van der Waals surface area contributed by atoms with Crippen molar-refractivity contribution in [2.75, 3.05) is 19.8 Å². The minimum Gasteiger partial charge on any atom is -0.374 e. The molecule has 2 nitrogen and oxygen atoms in total. The number of alkyl halides is 2. The van der Waals surface area contributed by atoms with Gasteiger partial charge in [0.2, 0.25) is 0 Å². The second-order valence-electron chi connectivity index (χ2n) is 4.17. The van der Waals surface area contributed by atoms with E-state index in [0.717, 1.165) is 12.8 Å². The summed E-state index contributed by atoms with van der Waals surface area (Å²) in [6.07, 6.45) is -0.283. The van der Waals surface area contributed by atoms with Crippen molar-refractivity contribution in [2.45, 2.75) is 32.2 Å². The molecule has 0 aliphatic heterocycles. The second kappa shape index (κ2) is 9.00. The molecule has 0 aliphatic carbocycles. The predicted octanol–water partition coefficient (Wildman–Crippen LogP) is 3.40. The van der Waals surface area contributed by atoms with E-state index >= 15 is 0 Å². The summed E-state index contributed by atoms with van der Waals surface area (Å²) in [6, 6.07) is 10.4. The molecular weight excluding hydrogens is 236 g/mol. The van der Waals surface area contributed by atoms with Crippen LogP contribution in [0.4, 0.5) is 8.78 Å². The zero-order chi connectivity index (χ0) is 13.2. The van der Waals surface area contributed by atoms with Crippen molar-refractivity contribution in [1.82, 2.24) is 5.32 Å². The van der Waals surface area contributed by atoms with Gasteiger partial charge in [-0.05, 0) is 12.0 Å². The lowest BCUT2D eigenvalue weighted by molar-refractivity contribution is 0.0181. The second-order valence-corrected chi connectivity index (χ2v) is 4.17. The molecule has 18 heavy (non-hydrogen) atoms. The first-order chi connectivity index (χ1) is 8.74. The fourth-order valence-corrected chi connectivity index (χ4v) is 1.84. The van der Waals surface area contributed by atoms with Crippen molar-refractivity contribution < 1.29 is 13.5 Å². The van der Waals surface area contributed by atoms with E-state index in [1.54, 1.807) is 0 Å². The number of benzene rings is 1. The average Bonchev–Trinajstić information content (AvgIpc) is 2.38. The Labute approximate surface area is 107 Å². The Hall–Kier alpha value is -1.00. The number of rotatable bonds is 9. The zero-order valence-electron chi connectivity index (χ0n) is 10.7. The Kier molecular flexibility index (Phi) is 7.53. The normalized spacial score (nSPS) is 12.9. The molecule has 0 heterocycles. The molecule has 0 amide bonds. The number of halogens is 2. The number of hydrogen-bond acceptors (Lipinski definition) is 2. The number of ether oxygens (including phenoxy) is 1. The molecule has 0 fully saturated rings. The summed E-state index contributed by atoms with van der Waals surface area (Å²) in [6.45, 7) is 2.56. The van der Waals surface area contributed by atoms with Crippen molar-refractivity contribution in [3.8, 4) is 0 Å². The van der Waals surface area contributed by atoms with Crippen LogP contribution in [-0.4, -0.2) is 26.2 Å². The van der Waals surface area contributed by atoms with Crippen LogP contribution in [0, 0.1) is 0 Å². The molecule has 0 saturated carbocycles. The Morgan fingerprint density at radius 3 is 2.56 bits per heavy atom. The van der Waals surface area contributed by atoms with Crippen molar-refractivity contribution in [2.24, 2.45) is 0 Å². The summed E-state index contributed by atoms with van der Waals surface area (Å²) < 4.78 is 28.6. The minimum absolute atomic E-state index is 0.270. The number of nitrogens with one attached hydrogen (secondary N) is 1. The molecule has 4 heteroatoms.